The summed E-state index contributed by atoms with van der Waals surface area (Å²) < 4.78 is 1.74. The molecule has 0 unspecified atom stereocenters. The highest BCUT2D eigenvalue weighted by molar-refractivity contribution is 5.38. The molecule has 1 aliphatic heterocycles. The van der Waals surface area contributed by atoms with Gasteiger partial charge in [-0.1, -0.05) is 29.7 Å². The van der Waals surface area contributed by atoms with Gasteiger partial charge >= 0.3 is 0 Å². The van der Waals surface area contributed by atoms with E-state index in [-0.39, 0.29) is 0 Å². The summed E-state index contributed by atoms with van der Waals surface area (Å²) in [5.41, 5.74) is 0.972. The van der Waals surface area contributed by atoms with Gasteiger partial charge in [-0.15, -0.1) is 0 Å². The molecule has 2 heterocycles. The lowest BCUT2D eigenvalue weighted by molar-refractivity contribution is 0.160. The highest BCUT2D eigenvalue weighted by atomic mass is 15.6. The van der Waals surface area contributed by atoms with Crippen LogP contribution in [0.5, 0.6) is 0 Å². The number of tetrazole rings is 1. The number of rotatable bonds is 6. The van der Waals surface area contributed by atoms with Gasteiger partial charge in [0.15, 0.2) is 0 Å². The van der Waals surface area contributed by atoms with Crippen LogP contribution in [0.2, 0.25) is 0 Å². The third-order valence-electron chi connectivity index (χ3n) is 4.32. The molecule has 1 N–H and O–H groups in total. The highest BCUT2D eigenvalue weighted by Gasteiger charge is 2.17. The zero-order chi connectivity index (χ0) is 15.2. The zero-order valence-electron chi connectivity index (χ0n) is 13.1. The Balaban J connectivity index is 1.49. The molecule has 0 spiro atoms. The average Bonchev–Trinajstić information content (AvgIpc) is 3.02. The maximum absolute atomic E-state index is 4.07. The van der Waals surface area contributed by atoms with E-state index in [0.29, 0.717) is 5.95 Å². The Kier molecular flexibility index (Phi) is 5.00. The molecular formula is C16H24N6. The van der Waals surface area contributed by atoms with Crippen molar-refractivity contribution in [1.82, 2.24) is 25.1 Å². The van der Waals surface area contributed by atoms with Crippen LogP contribution in [-0.4, -0.2) is 50.8 Å². The SMILES string of the molecule is C[C@@H]1CCCCN1CCCNc1nnnn1-c1ccccc1. The first-order valence-corrected chi connectivity index (χ1v) is 8.16. The standard InChI is InChI=1S/C16H24N6/c1-14-8-5-6-12-21(14)13-7-11-17-16-18-19-20-22(16)15-9-3-2-4-10-15/h2-4,9-10,14H,5-8,11-13H2,1H3,(H,17,18,20)/t14-/m1/s1. The van der Waals surface area contributed by atoms with Crippen LogP contribution in [0.3, 0.4) is 0 Å². The van der Waals surface area contributed by atoms with Gasteiger partial charge in [0, 0.05) is 19.1 Å². The molecule has 3 rings (SSSR count). The maximum atomic E-state index is 4.07. The molecule has 1 aromatic carbocycles. The minimum absolute atomic E-state index is 0.706. The molecule has 6 heteroatoms. The lowest BCUT2D eigenvalue weighted by Crippen LogP contribution is -2.38. The second-order valence-corrected chi connectivity index (χ2v) is 5.91. The minimum atomic E-state index is 0.706. The van der Waals surface area contributed by atoms with Crippen molar-refractivity contribution >= 4 is 5.95 Å². The summed E-state index contributed by atoms with van der Waals surface area (Å²) in [7, 11) is 0. The normalized spacial score (nSPS) is 19.2. The number of nitrogens with one attached hydrogen (secondary N) is 1. The van der Waals surface area contributed by atoms with E-state index in [4.69, 9.17) is 0 Å². The van der Waals surface area contributed by atoms with E-state index in [1.807, 2.05) is 30.3 Å². The molecule has 0 radical (unpaired) electrons. The highest BCUT2D eigenvalue weighted by Crippen LogP contribution is 2.16. The van der Waals surface area contributed by atoms with Crippen LogP contribution in [-0.2, 0) is 0 Å². The van der Waals surface area contributed by atoms with Crippen LogP contribution < -0.4 is 5.32 Å². The van der Waals surface area contributed by atoms with Crippen LogP contribution in [0.4, 0.5) is 5.95 Å². The fraction of sp³-hybridized carbons (Fsp3) is 0.562. The minimum Gasteiger partial charge on any atom is -0.353 e. The molecular weight excluding hydrogens is 276 g/mol. The molecule has 1 aliphatic rings. The van der Waals surface area contributed by atoms with Crippen LogP contribution in [0.15, 0.2) is 30.3 Å². The summed E-state index contributed by atoms with van der Waals surface area (Å²) in [5, 5.41) is 15.2. The van der Waals surface area contributed by atoms with Crippen molar-refractivity contribution in [2.45, 2.75) is 38.6 Å². The van der Waals surface area contributed by atoms with E-state index in [1.54, 1.807) is 4.68 Å². The van der Waals surface area contributed by atoms with Gasteiger partial charge in [-0.25, -0.2) is 0 Å². The van der Waals surface area contributed by atoms with Crippen molar-refractivity contribution < 1.29 is 0 Å². The monoisotopic (exact) mass is 300 g/mol. The smallest absolute Gasteiger partial charge is 0.247 e. The first kappa shape index (κ1) is 15.0. The predicted octanol–water partition coefficient (Wildman–Crippen LogP) is 2.34. The Morgan fingerprint density at radius 2 is 2.09 bits per heavy atom. The molecule has 0 amide bonds. The van der Waals surface area contributed by atoms with Crippen molar-refractivity contribution in [3.05, 3.63) is 30.3 Å². The van der Waals surface area contributed by atoms with Gasteiger partial charge < -0.3 is 10.2 Å². The van der Waals surface area contributed by atoms with Crippen LogP contribution in [0.25, 0.3) is 5.69 Å². The first-order chi connectivity index (χ1) is 10.8. The zero-order valence-corrected chi connectivity index (χ0v) is 13.1. The molecule has 1 aromatic heterocycles. The number of nitrogens with zero attached hydrogens (tertiary/aromatic N) is 5. The van der Waals surface area contributed by atoms with Crippen molar-refractivity contribution in [1.29, 1.82) is 0 Å². The fourth-order valence-electron chi connectivity index (χ4n) is 3.01. The van der Waals surface area contributed by atoms with Gasteiger partial charge in [0.1, 0.15) is 0 Å². The van der Waals surface area contributed by atoms with E-state index in [2.05, 4.69) is 32.7 Å². The van der Waals surface area contributed by atoms with Crippen molar-refractivity contribution in [2.24, 2.45) is 0 Å². The number of para-hydroxylation sites is 1. The molecule has 1 saturated heterocycles. The molecule has 22 heavy (non-hydrogen) atoms. The molecule has 2 aromatic rings. The van der Waals surface area contributed by atoms with Gasteiger partial charge in [-0.05, 0) is 55.3 Å². The van der Waals surface area contributed by atoms with Gasteiger partial charge in [-0.2, -0.15) is 4.68 Å². The largest absolute Gasteiger partial charge is 0.353 e. The quantitative estimate of drug-likeness (QED) is 0.830. The van der Waals surface area contributed by atoms with Crippen LogP contribution in [0, 0.1) is 0 Å². The third kappa shape index (κ3) is 3.62. The Bertz CT molecular complexity index is 567. The predicted molar refractivity (Wildman–Crippen MR) is 87.1 cm³/mol. The summed E-state index contributed by atoms with van der Waals surface area (Å²) >= 11 is 0. The maximum Gasteiger partial charge on any atom is 0.247 e. The van der Waals surface area contributed by atoms with Gasteiger partial charge in [0.2, 0.25) is 5.95 Å². The second-order valence-electron chi connectivity index (χ2n) is 5.91. The number of benzene rings is 1. The number of anilines is 1. The third-order valence-corrected chi connectivity index (χ3v) is 4.32. The van der Waals surface area contributed by atoms with E-state index in [0.717, 1.165) is 31.2 Å². The van der Waals surface area contributed by atoms with E-state index >= 15 is 0 Å². The van der Waals surface area contributed by atoms with E-state index < -0.39 is 0 Å². The van der Waals surface area contributed by atoms with Gasteiger partial charge in [-0.3, -0.25) is 0 Å². The number of hydrogen-bond donors (Lipinski definition) is 1. The molecule has 0 bridgehead atoms. The molecule has 118 valence electrons. The summed E-state index contributed by atoms with van der Waals surface area (Å²) in [5.74, 6) is 0.706. The van der Waals surface area contributed by atoms with Crippen LogP contribution in [0.1, 0.15) is 32.6 Å². The Labute approximate surface area is 131 Å². The molecule has 6 nitrogen and oxygen atoms in total. The topological polar surface area (TPSA) is 58.9 Å². The van der Waals surface area contributed by atoms with Crippen molar-refractivity contribution in [3.8, 4) is 5.69 Å². The Morgan fingerprint density at radius 1 is 1.23 bits per heavy atom. The average molecular weight is 300 g/mol. The Morgan fingerprint density at radius 3 is 2.91 bits per heavy atom. The Hall–Kier alpha value is -1.95. The van der Waals surface area contributed by atoms with E-state index in [1.165, 1.54) is 25.8 Å². The first-order valence-electron chi connectivity index (χ1n) is 8.16. The van der Waals surface area contributed by atoms with Crippen LogP contribution >= 0.6 is 0 Å². The number of aromatic nitrogens is 4. The van der Waals surface area contributed by atoms with Crippen molar-refractivity contribution in [2.75, 3.05) is 25.0 Å². The van der Waals surface area contributed by atoms with Gasteiger partial charge in [0.05, 0.1) is 5.69 Å². The lowest BCUT2D eigenvalue weighted by Gasteiger charge is -2.33. The lowest BCUT2D eigenvalue weighted by atomic mass is 10.0. The number of hydrogen-bond acceptors (Lipinski definition) is 5. The summed E-state index contributed by atoms with van der Waals surface area (Å²) in [6.45, 7) is 5.60. The summed E-state index contributed by atoms with van der Waals surface area (Å²) in [6, 6.07) is 10.7. The number of piperidine rings is 1. The molecule has 1 atom stereocenters. The molecule has 1 fully saturated rings. The van der Waals surface area contributed by atoms with Crippen molar-refractivity contribution in [3.63, 3.8) is 0 Å². The summed E-state index contributed by atoms with van der Waals surface area (Å²) in [4.78, 5) is 2.59. The van der Waals surface area contributed by atoms with Gasteiger partial charge in [0.25, 0.3) is 0 Å². The molecule has 0 aliphatic carbocycles. The summed E-state index contributed by atoms with van der Waals surface area (Å²) in [6.07, 6.45) is 5.15. The van der Waals surface area contributed by atoms with E-state index in [9.17, 15) is 0 Å². The number of likely N-dealkylation sites (tertiary alicyclic amines) is 1. The second kappa shape index (κ2) is 7.35. The fourth-order valence-corrected chi connectivity index (χ4v) is 3.01. The molecule has 0 saturated carbocycles.